The van der Waals surface area contributed by atoms with E-state index in [1.165, 1.54) is 0 Å². The zero-order valence-electron chi connectivity index (χ0n) is 14.1. The first-order valence-corrected chi connectivity index (χ1v) is 8.20. The molecule has 0 aliphatic heterocycles. The van der Waals surface area contributed by atoms with E-state index < -0.39 is 58.4 Å². The van der Waals surface area contributed by atoms with Crippen LogP contribution in [0.3, 0.4) is 0 Å². The molecule has 1 fully saturated rings. The molecule has 1 saturated carbocycles. The second-order valence-electron chi connectivity index (χ2n) is 6.37. The Morgan fingerprint density at radius 1 is 1.03 bits per heavy atom. The van der Waals surface area contributed by atoms with Crippen molar-refractivity contribution in [2.75, 3.05) is 5.32 Å². The summed E-state index contributed by atoms with van der Waals surface area (Å²) in [6, 6.07) is 1.15. The van der Waals surface area contributed by atoms with Gasteiger partial charge in [0.05, 0.1) is 6.20 Å². The minimum atomic E-state index is -2.95. The average Bonchev–Trinajstić information content (AvgIpc) is 3.46. The van der Waals surface area contributed by atoms with Gasteiger partial charge in [0, 0.05) is 11.6 Å². The standard InChI is InChI=1S/C17H9F7N4O/c18-9-10(19)12(21)14(13(22)11(9)20)27-17(29)6-4-25-28-8(15(23)24)3-7(5-1-2-5)26-16(6)28/h3-5,15H,1-2H2,(H,27,29). The van der Waals surface area contributed by atoms with E-state index in [0.29, 0.717) is 23.1 Å². The Balaban J connectivity index is 1.79. The minimum Gasteiger partial charge on any atom is -0.317 e. The molecular weight excluding hydrogens is 409 g/mol. The molecule has 1 amide bonds. The highest BCUT2D eigenvalue weighted by Crippen LogP contribution is 2.40. The van der Waals surface area contributed by atoms with Gasteiger partial charge >= 0.3 is 0 Å². The first-order valence-electron chi connectivity index (χ1n) is 8.20. The summed E-state index contributed by atoms with van der Waals surface area (Å²) >= 11 is 0. The first-order chi connectivity index (χ1) is 13.7. The predicted molar refractivity (Wildman–Crippen MR) is 84.1 cm³/mol. The fourth-order valence-corrected chi connectivity index (χ4v) is 2.81. The van der Waals surface area contributed by atoms with Gasteiger partial charge in [0.1, 0.15) is 16.9 Å². The molecule has 0 atom stereocenters. The Kier molecular flexibility index (Phi) is 4.43. The van der Waals surface area contributed by atoms with Crippen LogP contribution in [0, 0.1) is 29.1 Å². The fraction of sp³-hybridized carbons (Fsp3) is 0.235. The lowest BCUT2D eigenvalue weighted by Crippen LogP contribution is -2.17. The maximum Gasteiger partial charge on any atom is 0.280 e. The number of fused-ring (bicyclic) bond motifs is 1. The van der Waals surface area contributed by atoms with Crippen LogP contribution in [0.15, 0.2) is 12.3 Å². The third kappa shape index (κ3) is 3.08. The van der Waals surface area contributed by atoms with Gasteiger partial charge in [0.15, 0.2) is 28.9 Å². The van der Waals surface area contributed by atoms with Crippen LogP contribution in [-0.2, 0) is 0 Å². The Labute approximate surface area is 157 Å². The summed E-state index contributed by atoms with van der Waals surface area (Å²) in [4.78, 5) is 16.5. The molecule has 4 rings (SSSR count). The smallest absolute Gasteiger partial charge is 0.280 e. The van der Waals surface area contributed by atoms with Crippen molar-refractivity contribution in [3.8, 4) is 0 Å². The minimum absolute atomic E-state index is 0.0708. The van der Waals surface area contributed by atoms with Crippen LogP contribution < -0.4 is 5.32 Å². The normalized spacial score (nSPS) is 14.1. The Bertz CT molecular complexity index is 1130. The Morgan fingerprint density at radius 2 is 1.62 bits per heavy atom. The maximum atomic E-state index is 13.8. The number of alkyl halides is 2. The van der Waals surface area contributed by atoms with Gasteiger partial charge in [-0.1, -0.05) is 0 Å². The molecule has 1 aromatic carbocycles. The first kappa shape index (κ1) is 19.2. The van der Waals surface area contributed by atoms with Crippen molar-refractivity contribution in [1.82, 2.24) is 14.6 Å². The van der Waals surface area contributed by atoms with E-state index in [1.54, 1.807) is 5.32 Å². The van der Waals surface area contributed by atoms with E-state index >= 15 is 0 Å². The highest BCUT2D eigenvalue weighted by atomic mass is 19.3. The number of aromatic nitrogens is 3. The van der Waals surface area contributed by atoms with Crippen molar-refractivity contribution in [3.63, 3.8) is 0 Å². The molecule has 0 saturated heterocycles. The topological polar surface area (TPSA) is 59.3 Å². The van der Waals surface area contributed by atoms with Gasteiger partial charge in [-0.15, -0.1) is 0 Å². The molecule has 12 heteroatoms. The number of anilines is 1. The van der Waals surface area contributed by atoms with Crippen LogP contribution in [-0.4, -0.2) is 20.5 Å². The molecule has 2 heterocycles. The number of nitrogens with one attached hydrogen (secondary N) is 1. The van der Waals surface area contributed by atoms with Crippen LogP contribution in [0.1, 0.15) is 46.9 Å². The summed E-state index contributed by atoms with van der Waals surface area (Å²) in [5, 5.41) is 5.21. The van der Waals surface area contributed by atoms with E-state index in [4.69, 9.17) is 0 Å². The van der Waals surface area contributed by atoms with E-state index in [0.717, 1.165) is 12.3 Å². The molecule has 0 bridgehead atoms. The number of hydrogen-bond donors (Lipinski definition) is 1. The van der Waals surface area contributed by atoms with Crippen LogP contribution in [0.2, 0.25) is 0 Å². The van der Waals surface area contributed by atoms with Crippen LogP contribution in [0.25, 0.3) is 5.65 Å². The lowest BCUT2D eigenvalue weighted by Gasteiger charge is -2.10. The van der Waals surface area contributed by atoms with Crippen molar-refractivity contribution in [2.24, 2.45) is 0 Å². The number of carbonyl (C=O) groups is 1. The van der Waals surface area contributed by atoms with Gasteiger partial charge in [0.25, 0.3) is 12.3 Å². The Morgan fingerprint density at radius 3 is 2.17 bits per heavy atom. The Hall–Kier alpha value is -3.18. The number of hydrogen-bond acceptors (Lipinski definition) is 3. The summed E-state index contributed by atoms with van der Waals surface area (Å²) in [6.45, 7) is 0. The summed E-state index contributed by atoms with van der Waals surface area (Å²) < 4.78 is 94.7. The van der Waals surface area contributed by atoms with Gasteiger partial charge in [-0.05, 0) is 18.9 Å². The monoisotopic (exact) mass is 418 g/mol. The van der Waals surface area contributed by atoms with Gasteiger partial charge in [-0.25, -0.2) is 40.2 Å². The second kappa shape index (κ2) is 6.71. The van der Waals surface area contributed by atoms with E-state index in [-0.39, 0.29) is 11.6 Å². The van der Waals surface area contributed by atoms with Crippen molar-refractivity contribution < 1.29 is 35.5 Å². The molecule has 29 heavy (non-hydrogen) atoms. The molecule has 0 spiro atoms. The van der Waals surface area contributed by atoms with Crippen LogP contribution >= 0.6 is 0 Å². The number of halogens is 7. The lowest BCUT2D eigenvalue weighted by atomic mass is 10.2. The van der Waals surface area contributed by atoms with Gasteiger partial charge in [-0.2, -0.15) is 5.10 Å². The molecule has 5 nitrogen and oxygen atoms in total. The lowest BCUT2D eigenvalue weighted by molar-refractivity contribution is 0.102. The second-order valence-corrected chi connectivity index (χ2v) is 6.37. The van der Waals surface area contributed by atoms with Crippen molar-refractivity contribution in [3.05, 3.63) is 58.3 Å². The quantitative estimate of drug-likeness (QED) is 0.386. The highest BCUT2D eigenvalue weighted by molar-refractivity contribution is 6.08. The molecule has 2 aromatic heterocycles. The average molecular weight is 418 g/mol. The third-order valence-electron chi connectivity index (χ3n) is 4.43. The number of rotatable bonds is 4. The van der Waals surface area contributed by atoms with Gasteiger partial charge in [0.2, 0.25) is 5.82 Å². The van der Waals surface area contributed by atoms with E-state index in [9.17, 15) is 35.5 Å². The molecule has 3 aromatic rings. The maximum absolute atomic E-state index is 13.8. The molecular formula is C17H9F7N4O. The van der Waals surface area contributed by atoms with Gasteiger partial charge in [-0.3, -0.25) is 4.79 Å². The molecule has 1 aliphatic carbocycles. The van der Waals surface area contributed by atoms with Crippen LogP contribution in [0.5, 0.6) is 0 Å². The van der Waals surface area contributed by atoms with Crippen molar-refractivity contribution in [1.29, 1.82) is 0 Å². The summed E-state index contributed by atoms with van der Waals surface area (Å²) in [6.07, 6.45) is -0.714. The molecule has 0 radical (unpaired) electrons. The number of benzene rings is 1. The highest BCUT2D eigenvalue weighted by Gasteiger charge is 2.31. The van der Waals surface area contributed by atoms with Crippen molar-refractivity contribution in [2.45, 2.75) is 25.2 Å². The predicted octanol–water partition coefficient (Wildman–Crippen LogP) is 4.49. The SMILES string of the molecule is O=C(Nc1c(F)c(F)c(F)c(F)c1F)c1cnn2c(C(F)F)cc(C3CC3)nc12. The molecule has 0 unspecified atom stereocenters. The van der Waals surface area contributed by atoms with E-state index in [2.05, 4.69) is 10.1 Å². The summed E-state index contributed by atoms with van der Waals surface area (Å²) in [5.41, 5.74) is -2.63. The fourth-order valence-electron chi connectivity index (χ4n) is 2.81. The third-order valence-corrected chi connectivity index (χ3v) is 4.43. The number of carbonyl (C=O) groups excluding carboxylic acids is 1. The molecule has 1 N–H and O–H groups in total. The van der Waals surface area contributed by atoms with Crippen molar-refractivity contribution >= 4 is 17.2 Å². The molecule has 1 aliphatic rings. The number of nitrogens with zero attached hydrogens (tertiary/aromatic N) is 3. The summed E-state index contributed by atoms with van der Waals surface area (Å²) in [7, 11) is 0. The zero-order valence-corrected chi connectivity index (χ0v) is 14.1. The van der Waals surface area contributed by atoms with Gasteiger partial charge < -0.3 is 5.32 Å². The molecule has 152 valence electrons. The largest absolute Gasteiger partial charge is 0.317 e. The van der Waals surface area contributed by atoms with Crippen LogP contribution in [0.4, 0.5) is 36.4 Å². The van der Waals surface area contributed by atoms with E-state index in [1.807, 2.05) is 0 Å². The number of amides is 1. The zero-order chi connectivity index (χ0) is 21.0. The summed E-state index contributed by atoms with van der Waals surface area (Å²) in [5.74, 6) is -12.8.